The minimum Gasteiger partial charge on any atom is -0.406 e. The van der Waals surface area contributed by atoms with Gasteiger partial charge in [-0.3, -0.25) is 0 Å². The maximum absolute atomic E-state index is 12.4. The lowest BCUT2D eigenvalue weighted by Gasteiger charge is -2.22. The average molecular weight is 551 g/mol. The Labute approximate surface area is 228 Å². The lowest BCUT2D eigenvalue weighted by atomic mass is 10.0. The summed E-state index contributed by atoms with van der Waals surface area (Å²) in [5, 5.41) is 14.1. The van der Waals surface area contributed by atoms with Crippen molar-refractivity contribution in [1.29, 1.82) is 0 Å². The lowest BCUT2D eigenvalue weighted by Crippen LogP contribution is -2.24. The Morgan fingerprint density at radius 1 is 1.00 bits per heavy atom. The number of hydrogen-bond acceptors (Lipinski definition) is 6. The molecule has 0 N–H and O–H groups in total. The second kappa shape index (κ2) is 11.3. The Kier molecular flexibility index (Phi) is 7.69. The van der Waals surface area contributed by atoms with Crippen LogP contribution in [0.5, 0.6) is 5.75 Å². The molecule has 11 heteroatoms. The molecule has 1 aromatic heterocycles. The summed E-state index contributed by atoms with van der Waals surface area (Å²) < 4.78 is 42.5. The molecule has 1 saturated heterocycles. The van der Waals surface area contributed by atoms with Gasteiger partial charge in [0, 0.05) is 23.5 Å². The molecule has 1 aliphatic heterocycles. The number of para-hydroxylation sites is 1. The first-order chi connectivity index (χ1) is 18.8. The molecule has 1 aliphatic rings. The molecule has 7 nitrogen and oxygen atoms in total. The molecular weight excluding hydrogens is 525 g/mol. The molecule has 39 heavy (non-hydrogen) atoms. The van der Waals surface area contributed by atoms with Gasteiger partial charge in [-0.25, -0.2) is 9.67 Å². The molecule has 3 aromatic carbocycles. The van der Waals surface area contributed by atoms with Crippen LogP contribution in [-0.2, 0) is 0 Å². The van der Waals surface area contributed by atoms with Gasteiger partial charge in [-0.15, -0.1) is 23.4 Å². The summed E-state index contributed by atoms with van der Waals surface area (Å²) in [5.41, 5.74) is 4.68. The normalized spacial score (nSPS) is 15.1. The van der Waals surface area contributed by atoms with Crippen molar-refractivity contribution in [3.05, 3.63) is 90.3 Å². The minimum absolute atomic E-state index is 0.298. The van der Waals surface area contributed by atoms with Crippen molar-refractivity contribution < 1.29 is 17.9 Å². The van der Waals surface area contributed by atoms with Crippen LogP contribution in [-0.4, -0.2) is 44.8 Å². The topological polar surface area (TPSA) is 67.9 Å². The Hall–Kier alpha value is -4.12. The van der Waals surface area contributed by atoms with E-state index in [-0.39, 0.29) is 5.75 Å². The molecular formula is C28H25F3N6OS. The van der Waals surface area contributed by atoms with E-state index in [0.717, 1.165) is 28.6 Å². The SMILES string of the molecule is CC(C)c1ccccc1N1CCS/C1=N\N=C\c1ccc(-c2ncn(-c3ccc(OC(F)(F)F)cc3)n2)cc1. The van der Waals surface area contributed by atoms with Crippen molar-refractivity contribution in [2.75, 3.05) is 17.2 Å². The first-order valence-corrected chi connectivity index (χ1v) is 13.2. The van der Waals surface area contributed by atoms with Gasteiger partial charge in [0.25, 0.3) is 0 Å². The highest BCUT2D eigenvalue weighted by molar-refractivity contribution is 8.14. The Morgan fingerprint density at radius 3 is 2.46 bits per heavy atom. The average Bonchev–Trinajstić information content (AvgIpc) is 3.59. The van der Waals surface area contributed by atoms with Gasteiger partial charge < -0.3 is 9.64 Å². The van der Waals surface area contributed by atoms with Gasteiger partial charge in [0.15, 0.2) is 11.0 Å². The van der Waals surface area contributed by atoms with Gasteiger partial charge in [0.2, 0.25) is 0 Å². The predicted molar refractivity (Wildman–Crippen MR) is 149 cm³/mol. The third-order valence-electron chi connectivity index (χ3n) is 5.97. The van der Waals surface area contributed by atoms with Crippen LogP contribution in [0.15, 0.2) is 89.3 Å². The van der Waals surface area contributed by atoms with Crippen LogP contribution in [0.1, 0.15) is 30.9 Å². The number of alkyl halides is 3. The third kappa shape index (κ3) is 6.48. The molecule has 200 valence electrons. The van der Waals surface area contributed by atoms with Gasteiger partial charge in [-0.2, -0.15) is 5.10 Å². The van der Waals surface area contributed by atoms with Crippen molar-refractivity contribution in [1.82, 2.24) is 14.8 Å². The Balaban J connectivity index is 1.25. The summed E-state index contributed by atoms with van der Waals surface area (Å²) in [7, 11) is 0. The van der Waals surface area contributed by atoms with E-state index in [0.29, 0.717) is 17.4 Å². The molecule has 1 fully saturated rings. The van der Waals surface area contributed by atoms with Gasteiger partial charge in [0.05, 0.1) is 11.9 Å². The quantitative estimate of drug-likeness (QED) is 0.185. The smallest absolute Gasteiger partial charge is 0.406 e. The Bertz CT molecular complexity index is 1480. The lowest BCUT2D eigenvalue weighted by molar-refractivity contribution is -0.274. The molecule has 0 spiro atoms. The number of anilines is 1. The van der Waals surface area contributed by atoms with Crippen LogP contribution in [0.3, 0.4) is 0 Å². The summed E-state index contributed by atoms with van der Waals surface area (Å²) in [6, 6.07) is 21.4. The fourth-order valence-electron chi connectivity index (χ4n) is 4.11. The minimum atomic E-state index is -4.73. The van der Waals surface area contributed by atoms with E-state index >= 15 is 0 Å². The predicted octanol–water partition coefficient (Wildman–Crippen LogP) is 6.90. The van der Waals surface area contributed by atoms with E-state index < -0.39 is 6.36 Å². The second-order valence-corrected chi connectivity index (χ2v) is 10.1. The molecule has 0 atom stereocenters. The summed E-state index contributed by atoms with van der Waals surface area (Å²) in [6.07, 6.45) is -1.52. The number of thioether (sulfide) groups is 1. The van der Waals surface area contributed by atoms with Crippen molar-refractivity contribution in [3.8, 4) is 22.8 Å². The summed E-state index contributed by atoms with van der Waals surface area (Å²) in [4.78, 5) is 6.54. The van der Waals surface area contributed by atoms with E-state index in [4.69, 9.17) is 0 Å². The van der Waals surface area contributed by atoms with Gasteiger partial charge in [-0.1, -0.05) is 68.1 Å². The van der Waals surface area contributed by atoms with Crippen molar-refractivity contribution >= 4 is 28.8 Å². The van der Waals surface area contributed by atoms with Gasteiger partial charge >= 0.3 is 6.36 Å². The number of ether oxygens (including phenoxy) is 1. The van der Waals surface area contributed by atoms with Crippen LogP contribution >= 0.6 is 11.8 Å². The molecule has 0 unspecified atom stereocenters. The molecule has 0 amide bonds. The highest BCUT2D eigenvalue weighted by Crippen LogP contribution is 2.32. The summed E-state index contributed by atoms with van der Waals surface area (Å²) in [6.45, 7) is 5.27. The highest BCUT2D eigenvalue weighted by Gasteiger charge is 2.31. The maximum atomic E-state index is 12.4. The monoisotopic (exact) mass is 550 g/mol. The van der Waals surface area contributed by atoms with E-state index in [1.807, 2.05) is 30.3 Å². The first-order valence-electron chi connectivity index (χ1n) is 12.3. The summed E-state index contributed by atoms with van der Waals surface area (Å²) >= 11 is 1.69. The van der Waals surface area contributed by atoms with Crippen molar-refractivity contribution in [2.45, 2.75) is 26.1 Å². The van der Waals surface area contributed by atoms with E-state index in [9.17, 15) is 13.2 Å². The number of nitrogens with zero attached hydrogens (tertiary/aromatic N) is 6. The van der Waals surface area contributed by atoms with Crippen molar-refractivity contribution in [3.63, 3.8) is 0 Å². The molecule has 0 bridgehead atoms. The summed E-state index contributed by atoms with van der Waals surface area (Å²) in [5.74, 6) is 1.56. The van der Waals surface area contributed by atoms with E-state index in [1.165, 1.54) is 46.5 Å². The number of rotatable bonds is 7. The zero-order valence-corrected chi connectivity index (χ0v) is 22.0. The zero-order chi connectivity index (χ0) is 27.4. The standard InChI is InChI=1S/C28H25F3N6OS/c1-19(2)24-5-3-4-6-25(24)36-15-16-39-27(36)34-33-17-20-7-9-21(10-8-20)26-32-18-37(35-26)22-11-13-23(14-12-22)38-28(29,30)31/h3-14,17-19H,15-16H2,1-2H3/b33-17+,34-27-. The third-order valence-corrected chi connectivity index (χ3v) is 6.92. The molecule has 2 heterocycles. The van der Waals surface area contributed by atoms with Crippen LogP contribution in [0, 0.1) is 0 Å². The van der Waals surface area contributed by atoms with Gasteiger partial charge in [-0.05, 0) is 47.4 Å². The number of aromatic nitrogens is 3. The largest absolute Gasteiger partial charge is 0.573 e. The van der Waals surface area contributed by atoms with E-state index in [2.05, 4.69) is 62.0 Å². The molecule has 5 rings (SSSR count). The second-order valence-electron chi connectivity index (χ2n) is 9.02. The molecule has 0 saturated carbocycles. The number of halogens is 3. The fraction of sp³-hybridized carbons (Fsp3) is 0.214. The van der Waals surface area contributed by atoms with Crippen LogP contribution in [0.4, 0.5) is 18.9 Å². The van der Waals surface area contributed by atoms with Gasteiger partial charge in [0.1, 0.15) is 12.1 Å². The van der Waals surface area contributed by atoms with E-state index in [1.54, 1.807) is 18.0 Å². The number of benzene rings is 3. The Morgan fingerprint density at radius 2 is 1.74 bits per heavy atom. The van der Waals surface area contributed by atoms with Crippen LogP contribution in [0.25, 0.3) is 17.1 Å². The first kappa shape index (κ1) is 26.5. The molecule has 0 radical (unpaired) electrons. The highest BCUT2D eigenvalue weighted by atomic mass is 32.2. The maximum Gasteiger partial charge on any atom is 0.573 e. The number of amidine groups is 1. The zero-order valence-electron chi connectivity index (χ0n) is 21.2. The molecule has 4 aromatic rings. The van der Waals surface area contributed by atoms with Crippen molar-refractivity contribution in [2.24, 2.45) is 10.2 Å². The fourth-order valence-corrected chi connectivity index (χ4v) is 5.02. The number of hydrogen-bond donors (Lipinski definition) is 0. The van der Waals surface area contributed by atoms with Crippen LogP contribution < -0.4 is 9.64 Å². The van der Waals surface area contributed by atoms with Crippen LogP contribution in [0.2, 0.25) is 0 Å². The molecule has 0 aliphatic carbocycles.